The van der Waals surface area contributed by atoms with Crippen molar-refractivity contribution in [1.82, 2.24) is 9.78 Å². The largest absolute Gasteiger partial charge is 0.478 e. The van der Waals surface area contributed by atoms with Crippen LogP contribution in [0.25, 0.3) is 5.69 Å². The number of hydrogen-bond donors (Lipinski definition) is 1. The molecule has 0 saturated heterocycles. The average Bonchev–Trinajstić information content (AvgIpc) is 3.11. The molecule has 1 heterocycles. The molecule has 0 amide bonds. The van der Waals surface area contributed by atoms with Gasteiger partial charge in [-0.1, -0.05) is 12.1 Å². The maximum absolute atomic E-state index is 11.3. The van der Waals surface area contributed by atoms with Gasteiger partial charge >= 0.3 is 5.97 Å². The topological polar surface area (TPSA) is 55.1 Å². The summed E-state index contributed by atoms with van der Waals surface area (Å²) < 4.78 is 1.81. The van der Waals surface area contributed by atoms with Gasteiger partial charge in [-0.2, -0.15) is 5.10 Å². The molecule has 0 atom stereocenters. The predicted octanol–water partition coefficient (Wildman–Crippen LogP) is 3.06. The van der Waals surface area contributed by atoms with E-state index in [1.807, 2.05) is 24.6 Å². The van der Waals surface area contributed by atoms with Crippen LogP contribution < -0.4 is 0 Å². The smallest absolute Gasteiger partial charge is 0.339 e. The van der Waals surface area contributed by atoms with E-state index in [0.29, 0.717) is 11.5 Å². The molecule has 3 rings (SSSR count). The number of benzene rings is 1. The van der Waals surface area contributed by atoms with Crippen molar-refractivity contribution in [2.75, 3.05) is 0 Å². The van der Waals surface area contributed by atoms with Gasteiger partial charge in [-0.15, -0.1) is 0 Å². The number of carboxylic acid groups (broad SMARTS) is 1. The highest BCUT2D eigenvalue weighted by Crippen LogP contribution is 2.42. The highest BCUT2D eigenvalue weighted by atomic mass is 16.4. The molecular weight excluding hydrogens is 240 g/mol. The van der Waals surface area contributed by atoms with Gasteiger partial charge in [0.1, 0.15) is 5.56 Å². The van der Waals surface area contributed by atoms with Crippen LogP contribution in [0.1, 0.15) is 45.9 Å². The monoisotopic (exact) mass is 256 g/mol. The number of rotatable bonds is 3. The van der Waals surface area contributed by atoms with E-state index in [0.717, 1.165) is 35.3 Å². The lowest BCUT2D eigenvalue weighted by atomic mass is 10.1. The Labute approximate surface area is 111 Å². The minimum absolute atomic E-state index is 0.336. The number of carbonyl (C=O) groups is 1. The van der Waals surface area contributed by atoms with Crippen molar-refractivity contribution in [1.29, 1.82) is 0 Å². The number of aromatic carboxylic acids is 1. The minimum atomic E-state index is -0.890. The number of nitrogens with zero attached hydrogens (tertiary/aromatic N) is 2. The van der Waals surface area contributed by atoms with Crippen LogP contribution in [-0.2, 0) is 0 Å². The third-order valence-corrected chi connectivity index (χ3v) is 3.59. The summed E-state index contributed by atoms with van der Waals surface area (Å²) in [4.78, 5) is 11.3. The second-order valence-corrected chi connectivity index (χ2v) is 5.22. The fourth-order valence-corrected chi connectivity index (χ4v) is 2.41. The Morgan fingerprint density at radius 3 is 2.74 bits per heavy atom. The van der Waals surface area contributed by atoms with Crippen LogP contribution in [0.5, 0.6) is 0 Å². The van der Waals surface area contributed by atoms with Gasteiger partial charge in [0.25, 0.3) is 0 Å². The Hall–Kier alpha value is -2.10. The molecule has 1 N–H and O–H groups in total. The van der Waals surface area contributed by atoms with Gasteiger partial charge in [-0.3, -0.25) is 0 Å². The molecule has 1 fully saturated rings. The molecule has 98 valence electrons. The van der Waals surface area contributed by atoms with E-state index in [1.165, 1.54) is 6.20 Å². The third-order valence-electron chi connectivity index (χ3n) is 3.59. The average molecular weight is 256 g/mol. The normalized spacial score (nSPS) is 14.6. The van der Waals surface area contributed by atoms with Gasteiger partial charge in [0, 0.05) is 5.92 Å². The van der Waals surface area contributed by atoms with E-state index in [-0.39, 0.29) is 0 Å². The molecule has 0 bridgehead atoms. The molecule has 0 aliphatic heterocycles. The van der Waals surface area contributed by atoms with E-state index >= 15 is 0 Å². The van der Waals surface area contributed by atoms with Crippen molar-refractivity contribution in [3.8, 4) is 5.69 Å². The van der Waals surface area contributed by atoms with Gasteiger partial charge in [-0.05, 0) is 43.9 Å². The zero-order valence-corrected chi connectivity index (χ0v) is 11.1. The zero-order chi connectivity index (χ0) is 13.6. The molecule has 19 heavy (non-hydrogen) atoms. The first-order valence-corrected chi connectivity index (χ1v) is 6.47. The van der Waals surface area contributed by atoms with Gasteiger partial charge in [-0.25, -0.2) is 9.48 Å². The molecular formula is C15H16N2O2. The summed E-state index contributed by atoms with van der Waals surface area (Å²) in [5.41, 5.74) is 4.42. The van der Waals surface area contributed by atoms with Gasteiger partial charge in [0.2, 0.25) is 0 Å². The van der Waals surface area contributed by atoms with Crippen LogP contribution in [0, 0.1) is 13.8 Å². The Bertz CT molecular complexity index is 654. The van der Waals surface area contributed by atoms with Crippen LogP contribution in [0.3, 0.4) is 0 Å². The van der Waals surface area contributed by atoms with Gasteiger partial charge < -0.3 is 5.11 Å². The molecule has 0 radical (unpaired) electrons. The second-order valence-electron chi connectivity index (χ2n) is 5.22. The van der Waals surface area contributed by atoms with Crippen molar-refractivity contribution in [3.63, 3.8) is 0 Å². The molecule has 2 aromatic rings. The van der Waals surface area contributed by atoms with Crippen molar-refractivity contribution >= 4 is 5.97 Å². The molecule has 1 aromatic carbocycles. The second kappa shape index (κ2) is 4.23. The van der Waals surface area contributed by atoms with Crippen molar-refractivity contribution in [2.24, 2.45) is 0 Å². The fourth-order valence-electron chi connectivity index (χ4n) is 2.41. The predicted molar refractivity (Wildman–Crippen MR) is 72.0 cm³/mol. The lowest BCUT2D eigenvalue weighted by molar-refractivity contribution is 0.0695. The highest BCUT2D eigenvalue weighted by Gasteiger charge is 2.33. The molecule has 4 nitrogen and oxygen atoms in total. The van der Waals surface area contributed by atoms with Gasteiger partial charge in [0.05, 0.1) is 17.6 Å². The summed E-state index contributed by atoms with van der Waals surface area (Å²) in [5.74, 6) is -0.549. The van der Waals surface area contributed by atoms with Crippen LogP contribution in [-0.4, -0.2) is 20.9 Å². The Kier molecular flexibility index (Phi) is 2.66. The van der Waals surface area contributed by atoms with Crippen LogP contribution in [0.15, 0.2) is 24.4 Å². The van der Waals surface area contributed by atoms with Crippen LogP contribution >= 0.6 is 0 Å². The lowest BCUT2D eigenvalue weighted by Crippen LogP contribution is -2.07. The van der Waals surface area contributed by atoms with Crippen LogP contribution in [0.2, 0.25) is 0 Å². The Balaban J connectivity index is 2.20. The molecule has 0 spiro atoms. The summed E-state index contributed by atoms with van der Waals surface area (Å²) in [7, 11) is 0. The maximum atomic E-state index is 11.3. The maximum Gasteiger partial charge on any atom is 0.339 e. The number of hydrogen-bond acceptors (Lipinski definition) is 2. The van der Waals surface area contributed by atoms with Crippen molar-refractivity contribution in [2.45, 2.75) is 32.6 Å². The number of aromatic nitrogens is 2. The van der Waals surface area contributed by atoms with E-state index in [9.17, 15) is 9.90 Å². The Morgan fingerprint density at radius 1 is 1.37 bits per heavy atom. The Morgan fingerprint density at radius 2 is 2.11 bits per heavy atom. The summed E-state index contributed by atoms with van der Waals surface area (Å²) in [6, 6.07) is 6.15. The van der Waals surface area contributed by atoms with E-state index in [1.54, 1.807) is 0 Å². The van der Waals surface area contributed by atoms with Gasteiger partial charge in [0.15, 0.2) is 0 Å². The molecule has 4 heteroatoms. The molecule has 1 aromatic heterocycles. The standard InChI is InChI=1S/C15H16N2O2/c1-9-3-4-10(2)13(7-9)17-14(11-5-6-11)12(8-16-17)15(18)19/h3-4,7-8,11H,5-6H2,1-2H3,(H,18,19). The van der Waals surface area contributed by atoms with E-state index in [2.05, 4.69) is 17.2 Å². The number of carboxylic acids is 1. The van der Waals surface area contributed by atoms with Crippen LogP contribution in [0.4, 0.5) is 0 Å². The molecule has 0 unspecified atom stereocenters. The molecule has 1 aliphatic carbocycles. The molecule has 1 saturated carbocycles. The van der Waals surface area contributed by atoms with Crippen molar-refractivity contribution < 1.29 is 9.90 Å². The molecule has 1 aliphatic rings. The summed E-state index contributed by atoms with van der Waals surface area (Å²) in [6.07, 6.45) is 3.57. The minimum Gasteiger partial charge on any atom is -0.478 e. The SMILES string of the molecule is Cc1ccc(C)c(-n2ncc(C(=O)O)c2C2CC2)c1. The first-order valence-electron chi connectivity index (χ1n) is 6.47. The summed E-state index contributed by atoms with van der Waals surface area (Å²) in [6.45, 7) is 4.05. The van der Waals surface area contributed by atoms with E-state index in [4.69, 9.17) is 0 Å². The first-order chi connectivity index (χ1) is 9.08. The fraction of sp³-hybridized carbons (Fsp3) is 0.333. The number of aryl methyl sites for hydroxylation is 2. The zero-order valence-electron chi connectivity index (χ0n) is 11.1. The highest BCUT2D eigenvalue weighted by molar-refractivity contribution is 5.89. The summed E-state index contributed by atoms with van der Waals surface area (Å²) >= 11 is 0. The van der Waals surface area contributed by atoms with E-state index < -0.39 is 5.97 Å². The first kappa shape index (κ1) is 12.0. The summed E-state index contributed by atoms with van der Waals surface area (Å²) in [5, 5.41) is 13.6. The third kappa shape index (κ3) is 2.03. The van der Waals surface area contributed by atoms with Crippen molar-refractivity contribution in [3.05, 3.63) is 46.8 Å². The lowest BCUT2D eigenvalue weighted by Gasteiger charge is -2.11. The quantitative estimate of drug-likeness (QED) is 0.918.